The standard InChI is InChI=1S/C29H38N2O4/c32-28(33)16-3-1-2-10-23(21-35-27-15-8-11-22-9-4-7-14-26(22)27)29(34)30-24-17-19-31(20-18-24)25-12-5-6-13-25/h4,7-11,14-15,24-25H,1-3,5-6,12-13,16-21H2,(H,30,34)(H,32,33). The summed E-state index contributed by atoms with van der Waals surface area (Å²) >= 11 is 0. The lowest BCUT2D eigenvalue weighted by molar-refractivity contribution is -0.137. The van der Waals surface area contributed by atoms with E-state index in [1.54, 1.807) is 0 Å². The summed E-state index contributed by atoms with van der Waals surface area (Å²) in [6.07, 6.45) is 11.4. The molecule has 35 heavy (non-hydrogen) atoms. The molecule has 1 aliphatic carbocycles. The minimum Gasteiger partial charge on any atom is -0.488 e. The number of allylic oxidation sites excluding steroid dienone is 1. The molecule has 2 aliphatic rings. The molecule has 1 saturated heterocycles. The second kappa shape index (κ2) is 12.7. The van der Waals surface area contributed by atoms with Crippen molar-refractivity contribution in [3.05, 3.63) is 54.1 Å². The molecule has 0 unspecified atom stereocenters. The molecular formula is C29H38N2O4. The van der Waals surface area contributed by atoms with Gasteiger partial charge in [0.15, 0.2) is 0 Å². The first-order chi connectivity index (χ1) is 17.1. The van der Waals surface area contributed by atoms with Crippen molar-refractivity contribution in [3.63, 3.8) is 0 Å². The van der Waals surface area contributed by atoms with Crippen LogP contribution in [0.1, 0.15) is 64.2 Å². The van der Waals surface area contributed by atoms with Gasteiger partial charge in [-0.25, -0.2) is 0 Å². The average Bonchev–Trinajstić information content (AvgIpc) is 3.41. The van der Waals surface area contributed by atoms with E-state index in [1.165, 1.54) is 25.7 Å². The van der Waals surface area contributed by atoms with Crippen molar-refractivity contribution in [2.75, 3.05) is 19.7 Å². The summed E-state index contributed by atoms with van der Waals surface area (Å²) in [4.78, 5) is 26.6. The first-order valence-corrected chi connectivity index (χ1v) is 13.2. The number of hydrogen-bond acceptors (Lipinski definition) is 4. The molecule has 1 saturated carbocycles. The molecule has 2 N–H and O–H groups in total. The van der Waals surface area contributed by atoms with Crippen LogP contribution in [-0.2, 0) is 9.59 Å². The number of unbranched alkanes of at least 4 members (excludes halogenated alkanes) is 2. The fraction of sp³-hybridized carbons (Fsp3) is 0.517. The zero-order valence-electron chi connectivity index (χ0n) is 20.6. The van der Waals surface area contributed by atoms with E-state index in [-0.39, 0.29) is 25.0 Å². The van der Waals surface area contributed by atoms with Crippen LogP contribution in [0.15, 0.2) is 54.1 Å². The molecule has 4 rings (SSSR count). The molecule has 2 fully saturated rings. The summed E-state index contributed by atoms with van der Waals surface area (Å²) in [5.41, 5.74) is 0.617. The van der Waals surface area contributed by atoms with Crippen molar-refractivity contribution in [1.29, 1.82) is 0 Å². The third-order valence-corrected chi connectivity index (χ3v) is 7.37. The molecule has 1 amide bonds. The largest absolute Gasteiger partial charge is 0.488 e. The van der Waals surface area contributed by atoms with Gasteiger partial charge in [0.2, 0.25) is 0 Å². The molecule has 0 spiro atoms. The Hall–Kier alpha value is -2.86. The highest BCUT2D eigenvalue weighted by molar-refractivity contribution is 5.94. The molecule has 6 heteroatoms. The van der Waals surface area contributed by atoms with E-state index < -0.39 is 5.97 Å². The number of carbonyl (C=O) groups is 2. The van der Waals surface area contributed by atoms with Crippen LogP contribution in [0.4, 0.5) is 0 Å². The van der Waals surface area contributed by atoms with Crippen LogP contribution in [0.5, 0.6) is 5.75 Å². The molecule has 2 aromatic rings. The van der Waals surface area contributed by atoms with Gasteiger partial charge in [-0.05, 0) is 56.4 Å². The topological polar surface area (TPSA) is 78.9 Å². The van der Waals surface area contributed by atoms with Crippen LogP contribution < -0.4 is 10.1 Å². The van der Waals surface area contributed by atoms with Gasteiger partial charge in [-0.3, -0.25) is 9.59 Å². The molecule has 0 bridgehead atoms. The molecule has 0 radical (unpaired) electrons. The van der Waals surface area contributed by atoms with Crippen molar-refractivity contribution >= 4 is 22.6 Å². The highest BCUT2D eigenvalue weighted by Crippen LogP contribution is 2.27. The van der Waals surface area contributed by atoms with Gasteiger partial charge >= 0.3 is 5.97 Å². The first-order valence-electron chi connectivity index (χ1n) is 13.2. The number of likely N-dealkylation sites (tertiary alicyclic amines) is 1. The van der Waals surface area contributed by atoms with Crippen molar-refractivity contribution in [2.45, 2.75) is 76.3 Å². The summed E-state index contributed by atoms with van der Waals surface area (Å²) in [5, 5.41) is 14.3. The number of piperidine rings is 1. The maximum absolute atomic E-state index is 13.2. The van der Waals surface area contributed by atoms with Gasteiger partial charge in [0, 0.05) is 37.0 Å². The minimum absolute atomic E-state index is 0.0669. The highest BCUT2D eigenvalue weighted by Gasteiger charge is 2.28. The SMILES string of the molecule is O=C(O)CCCCC=C(COc1cccc2ccccc12)C(=O)NC1CCN(C2CCCC2)CC1. The van der Waals surface area contributed by atoms with Gasteiger partial charge in [0.1, 0.15) is 12.4 Å². The van der Waals surface area contributed by atoms with Crippen molar-refractivity contribution < 1.29 is 19.4 Å². The number of hydrogen-bond donors (Lipinski definition) is 2. The Labute approximate surface area is 208 Å². The molecule has 1 heterocycles. The molecule has 0 atom stereocenters. The molecular weight excluding hydrogens is 440 g/mol. The third-order valence-electron chi connectivity index (χ3n) is 7.37. The summed E-state index contributed by atoms with van der Waals surface area (Å²) < 4.78 is 6.14. The number of rotatable bonds is 11. The first kappa shape index (κ1) is 25.2. The Morgan fingerprint density at radius 2 is 1.74 bits per heavy atom. The molecule has 188 valence electrons. The van der Waals surface area contributed by atoms with E-state index in [9.17, 15) is 9.59 Å². The van der Waals surface area contributed by atoms with Gasteiger partial charge in [0.25, 0.3) is 5.91 Å². The normalized spacial score (nSPS) is 18.1. The molecule has 2 aromatic carbocycles. The van der Waals surface area contributed by atoms with Crippen molar-refractivity contribution in [3.8, 4) is 5.75 Å². The van der Waals surface area contributed by atoms with E-state index in [2.05, 4.69) is 10.2 Å². The van der Waals surface area contributed by atoms with E-state index in [0.29, 0.717) is 18.4 Å². The number of nitrogens with one attached hydrogen (secondary N) is 1. The number of amides is 1. The monoisotopic (exact) mass is 478 g/mol. The predicted octanol–water partition coefficient (Wildman–Crippen LogP) is 5.31. The lowest BCUT2D eigenvalue weighted by Gasteiger charge is -2.36. The zero-order valence-corrected chi connectivity index (χ0v) is 20.6. The fourth-order valence-electron chi connectivity index (χ4n) is 5.35. The second-order valence-corrected chi connectivity index (χ2v) is 9.86. The molecule has 1 aliphatic heterocycles. The average molecular weight is 479 g/mol. The van der Waals surface area contributed by atoms with Crippen molar-refractivity contribution in [2.24, 2.45) is 0 Å². The maximum Gasteiger partial charge on any atom is 0.303 e. The second-order valence-electron chi connectivity index (χ2n) is 9.86. The lowest BCUT2D eigenvalue weighted by atomic mass is 10.0. The van der Waals surface area contributed by atoms with Crippen LogP contribution in [0.3, 0.4) is 0 Å². The Balaban J connectivity index is 1.36. The Morgan fingerprint density at radius 3 is 2.51 bits per heavy atom. The number of benzene rings is 2. The Kier molecular flexibility index (Phi) is 9.18. The minimum atomic E-state index is -0.782. The van der Waals surface area contributed by atoms with E-state index >= 15 is 0 Å². The smallest absolute Gasteiger partial charge is 0.303 e. The van der Waals surface area contributed by atoms with Crippen LogP contribution in [0, 0.1) is 0 Å². The summed E-state index contributed by atoms with van der Waals surface area (Å²) in [6.45, 7) is 2.30. The molecule has 0 aromatic heterocycles. The van der Waals surface area contributed by atoms with Crippen molar-refractivity contribution in [1.82, 2.24) is 10.2 Å². The van der Waals surface area contributed by atoms with E-state index in [0.717, 1.165) is 54.9 Å². The Bertz CT molecular complexity index is 1020. The van der Waals surface area contributed by atoms with Crippen LogP contribution in [0.2, 0.25) is 0 Å². The van der Waals surface area contributed by atoms with Gasteiger partial charge in [-0.1, -0.05) is 55.3 Å². The third kappa shape index (κ3) is 7.31. The number of fused-ring (bicyclic) bond motifs is 1. The highest BCUT2D eigenvalue weighted by atomic mass is 16.5. The van der Waals surface area contributed by atoms with Crippen LogP contribution >= 0.6 is 0 Å². The number of carbonyl (C=O) groups excluding carboxylic acids is 1. The van der Waals surface area contributed by atoms with E-state index in [4.69, 9.17) is 9.84 Å². The van der Waals surface area contributed by atoms with Gasteiger partial charge < -0.3 is 20.1 Å². The molecule has 6 nitrogen and oxygen atoms in total. The lowest BCUT2D eigenvalue weighted by Crippen LogP contribution is -2.47. The zero-order chi connectivity index (χ0) is 24.5. The summed E-state index contributed by atoms with van der Waals surface area (Å²) in [5.74, 6) is -0.0875. The number of carboxylic acid groups (broad SMARTS) is 1. The van der Waals surface area contributed by atoms with Gasteiger partial charge in [0.05, 0.1) is 5.57 Å². The van der Waals surface area contributed by atoms with Gasteiger partial charge in [-0.15, -0.1) is 0 Å². The quantitative estimate of drug-likeness (QED) is 0.338. The van der Waals surface area contributed by atoms with Crippen LogP contribution in [0.25, 0.3) is 10.8 Å². The number of carboxylic acids is 1. The Morgan fingerprint density at radius 1 is 1.00 bits per heavy atom. The number of ether oxygens (including phenoxy) is 1. The van der Waals surface area contributed by atoms with E-state index in [1.807, 2.05) is 48.5 Å². The maximum atomic E-state index is 13.2. The number of nitrogens with zero attached hydrogens (tertiary/aromatic N) is 1. The summed E-state index contributed by atoms with van der Waals surface area (Å²) in [7, 11) is 0. The fourth-order valence-corrected chi connectivity index (χ4v) is 5.35. The predicted molar refractivity (Wildman–Crippen MR) is 139 cm³/mol. The number of aliphatic carboxylic acids is 1. The van der Waals surface area contributed by atoms with Crippen LogP contribution in [-0.4, -0.2) is 53.7 Å². The summed E-state index contributed by atoms with van der Waals surface area (Å²) in [6, 6.07) is 14.9. The van der Waals surface area contributed by atoms with Gasteiger partial charge in [-0.2, -0.15) is 0 Å².